The van der Waals surface area contributed by atoms with Crippen LogP contribution in [0.4, 0.5) is 0 Å². The van der Waals surface area contributed by atoms with E-state index in [1.165, 1.54) is 0 Å². The van der Waals surface area contributed by atoms with Gasteiger partial charge < -0.3 is 5.11 Å². The number of nitrogens with one attached hydrogen (secondary N) is 1. The largest absolute Gasteiger partial charge is 0.481 e. The number of amides is 2. The molecule has 1 heterocycles. The maximum absolute atomic E-state index is 11.5. The number of hydrogen-bond donors (Lipinski definition) is 2. The predicted octanol–water partition coefficient (Wildman–Crippen LogP) is -0.802. The molecule has 84 valence electrons. The van der Waals surface area contributed by atoms with Crippen LogP contribution in [0.15, 0.2) is 0 Å². The molecule has 0 saturated carbocycles. The Morgan fingerprint density at radius 2 is 2.13 bits per heavy atom. The molecule has 0 spiro atoms. The zero-order valence-corrected chi connectivity index (χ0v) is 8.74. The molecule has 2 amide bonds. The van der Waals surface area contributed by atoms with Crippen LogP contribution in [0.5, 0.6) is 0 Å². The molecular formula is C9H14N2O4. The van der Waals surface area contributed by atoms with Gasteiger partial charge in [0, 0.05) is 6.54 Å². The summed E-state index contributed by atoms with van der Waals surface area (Å²) < 4.78 is 0. The van der Waals surface area contributed by atoms with E-state index in [4.69, 9.17) is 5.11 Å². The fraction of sp³-hybridized carbons (Fsp3) is 0.667. The third-order valence-electron chi connectivity index (χ3n) is 2.53. The number of nitrogens with zero attached hydrogens (tertiary/aromatic N) is 1. The zero-order valence-electron chi connectivity index (χ0n) is 8.74. The first-order valence-corrected chi connectivity index (χ1v) is 4.65. The number of rotatable bonds is 3. The van der Waals surface area contributed by atoms with Crippen molar-refractivity contribution in [1.29, 1.82) is 0 Å². The summed E-state index contributed by atoms with van der Waals surface area (Å²) in [4.78, 5) is 34.5. The number of carbonyl (C=O) groups excluding carboxylic acids is 2. The van der Waals surface area contributed by atoms with Crippen molar-refractivity contribution >= 4 is 17.8 Å². The highest BCUT2D eigenvalue weighted by Crippen LogP contribution is 2.17. The van der Waals surface area contributed by atoms with Crippen LogP contribution >= 0.6 is 0 Å². The molecule has 1 aliphatic rings. The Morgan fingerprint density at radius 1 is 1.53 bits per heavy atom. The van der Waals surface area contributed by atoms with E-state index in [1.807, 2.05) is 0 Å². The van der Waals surface area contributed by atoms with E-state index in [1.54, 1.807) is 18.7 Å². The number of carbonyl (C=O) groups is 3. The maximum atomic E-state index is 11.5. The number of piperazine rings is 1. The van der Waals surface area contributed by atoms with Gasteiger partial charge in [0.2, 0.25) is 11.8 Å². The Labute approximate surface area is 87.2 Å². The molecule has 0 bridgehead atoms. The molecule has 0 aromatic rings. The average molecular weight is 214 g/mol. The minimum Gasteiger partial charge on any atom is -0.481 e. The molecule has 1 fully saturated rings. The van der Waals surface area contributed by atoms with Gasteiger partial charge in [0.25, 0.3) is 0 Å². The lowest BCUT2D eigenvalue weighted by Crippen LogP contribution is -2.64. The minimum atomic E-state index is -0.941. The van der Waals surface area contributed by atoms with Crippen molar-refractivity contribution in [1.82, 2.24) is 10.2 Å². The van der Waals surface area contributed by atoms with Gasteiger partial charge in [-0.1, -0.05) is 0 Å². The molecule has 6 nitrogen and oxygen atoms in total. The average Bonchev–Trinajstić information content (AvgIpc) is 2.09. The Bertz CT molecular complexity index is 311. The van der Waals surface area contributed by atoms with Crippen LogP contribution in [0.1, 0.15) is 20.3 Å². The molecule has 1 aliphatic heterocycles. The zero-order chi connectivity index (χ0) is 11.6. The van der Waals surface area contributed by atoms with Crippen molar-refractivity contribution in [3.05, 3.63) is 0 Å². The van der Waals surface area contributed by atoms with Crippen LogP contribution in [0.3, 0.4) is 0 Å². The van der Waals surface area contributed by atoms with Gasteiger partial charge in [-0.25, -0.2) is 0 Å². The summed E-state index contributed by atoms with van der Waals surface area (Å²) in [6.45, 7) is 3.58. The summed E-state index contributed by atoms with van der Waals surface area (Å²) in [5.74, 6) is -1.71. The third-order valence-corrected chi connectivity index (χ3v) is 2.53. The summed E-state index contributed by atoms with van der Waals surface area (Å²) in [5.41, 5.74) is -0.830. The molecule has 6 heteroatoms. The van der Waals surface area contributed by atoms with Gasteiger partial charge in [0.1, 0.15) is 0 Å². The van der Waals surface area contributed by atoms with Gasteiger partial charge in [-0.05, 0) is 13.8 Å². The first-order chi connectivity index (χ1) is 6.84. The fourth-order valence-corrected chi connectivity index (χ4v) is 1.42. The van der Waals surface area contributed by atoms with Crippen LogP contribution < -0.4 is 5.32 Å². The molecule has 0 aliphatic carbocycles. The Hall–Kier alpha value is -1.43. The summed E-state index contributed by atoms with van der Waals surface area (Å²) in [6.07, 6.45) is -0.0794. The first kappa shape index (κ1) is 11.6. The van der Waals surface area contributed by atoms with Crippen molar-refractivity contribution < 1.29 is 19.5 Å². The van der Waals surface area contributed by atoms with Crippen molar-refractivity contribution in [2.75, 3.05) is 13.1 Å². The number of carboxylic acid groups (broad SMARTS) is 1. The van der Waals surface area contributed by atoms with Crippen LogP contribution in [-0.4, -0.2) is 46.4 Å². The normalized spacial score (nSPS) is 21.2. The highest BCUT2D eigenvalue weighted by molar-refractivity contribution is 6.02. The molecule has 1 saturated heterocycles. The molecule has 2 N–H and O–H groups in total. The lowest BCUT2D eigenvalue weighted by Gasteiger charge is -2.39. The van der Waals surface area contributed by atoms with Crippen molar-refractivity contribution in [3.8, 4) is 0 Å². The second kappa shape index (κ2) is 3.98. The molecule has 0 aromatic carbocycles. The van der Waals surface area contributed by atoms with Crippen LogP contribution in [0, 0.1) is 0 Å². The van der Waals surface area contributed by atoms with E-state index in [0.717, 1.165) is 0 Å². The standard InChI is InChI=1S/C9H14N2O4/c1-9(2)8(15)10-6(12)5-11(9)4-3-7(13)14/h3-5H2,1-2H3,(H,13,14)(H,10,12,15). The van der Waals surface area contributed by atoms with Crippen molar-refractivity contribution in [2.24, 2.45) is 0 Å². The molecule has 0 atom stereocenters. The molecular weight excluding hydrogens is 200 g/mol. The Morgan fingerprint density at radius 3 is 2.67 bits per heavy atom. The van der Waals surface area contributed by atoms with Crippen molar-refractivity contribution in [2.45, 2.75) is 25.8 Å². The number of carboxylic acids is 1. The number of imide groups is 1. The lowest BCUT2D eigenvalue weighted by atomic mass is 9.98. The second-order valence-corrected chi connectivity index (χ2v) is 4.00. The predicted molar refractivity (Wildman–Crippen MR) is 51.1 cm³/mol. The number of aliphatic carboxylic acids is 1. The van der Waals surface area contributed by atoms with Gasteiger partial charge in [0.15, 0.2) is 0 Å². The van der Waals surface area contributed by atoms with E-state index in [2.05, 4.69) is 5.32 Å². The second-order valence-electron chi connectivity index (χ2n) is 4.00. The van der Waals surface area contributed by atoms with E-state index in [0.29, 0.717) is 0 Å². The van der Waals surface area contributed by atoms with E-state index < -0.39 is 11.5 Å². The van der Waals surface area contributed by atoms with Gasteiger partial charge >= 0.3 is 5.97 Å². The lowest BCUT2D eigenvalue weighted by molar-refractivity contribution is -0.147. The molecule has 0 unspecified atom stereocenters. The molecule has 15 heavy (non-hydrogen) atoms. The summed E-state index contributed by atoms with van der Waals surface area (Å²) in [5, 5.41) is 10.8. The van der Waals surface area contributed by atoms with Crippen molar-refractivity contribution in [3.63, 3.8) is 0 Å². The van der Waals surface area contributed by atoms with E-state index in [-0.39, 0.29) is 31.3 Å². The van der Waals surface area contributed by atoms with E-state index >= 15 is 0 Å². The topological polar surface area (TPSA) is 86.7 Å². The highest BCUT2D eigenvalue weighted by Gasteiger charge is 2.40. The van der Waals surface area contributed by atoms with Crippen LogP contribution in [0.2, 0.25) is 0 Å². The summed E-state index contributed by atoms with van der Waals surface area (Å²) in [6, 6.07) is 0. The quantitative estimate of drug-likeness (QED) is 0.600. The van der Waals surface area contributed by atoms with Crippen LogP contribution in [-0.2, 0) is 14.4 Å². The monoisotopic (exact) mass is 214 g/mol. The van der Waals surface area contributed by atoms with Gasteiger partial charge in [-0.2, -0.15) is 0 Å². The molecule has 0 radical (unpaired) electrons. The van der Waals surface area contributed by atoms with E-state index in [9.17, 15) is 14.4 Å². The number of hydrogen-bond acceptors (Lipinski definition) is 4. The summed E-state index contributed by atoms with van der Waals surface area (Å²) >= 11 is 0. The van der Waals surface area contributed by atoms with Gasteiger partial charge in [-0.3, -0.25) is 24.6 Å². The molecule has 0 aromatic heterocycles. The highest BCUT2D eigenvalue weighted by atomic mass is 16.4. The molecule has 1 rings (SSSR count). The third kappa shape index (κ3) is 2.53. The maximum Gasteiger partial charge on any atom is 0.304 e. The van der Waals surface area contributed by atoms with Crippen LogP contribution in [0.25, 0.3) is 0 Å². The summed E-state index contributed by atoms with van der Waals surface area (Å²) in [7, 11) is 0. The fourth-order valence-electron chi connectivity index (χ4n) is 1.42. The first-order valence-electron chi connectivity index (χ1n) is 4.65. The Balaban J connectivity index is 2.71. The Kier molecular flexibility index (Phi) is 3.09. The smallest absolute Gasteiger partial charge is 0.304 e. The van der Waals surface area contributed by atoms with Gasteiger partial charge in [0.05, 0.1) is 18.5 Å². The van der Waals surface area contributed by atoms with Gasteiger partial charge in [-0.15, -0.1) is 0 Å². The minimum absolute atomic E-state index is 0.0615. The SMILES string of the molecule is CC1(C)C(=O)NC(=O)CN1CCC(=O)O.